The summed E-state index contributed by atoms with van der Waals surface area (Å²) in [6, 6.07) is 7.13. The Balaban J connectivity index is 1.68. The first-order valence-corrected chi connectivity index (χ1v) is 9.78. The van der Waals surface area contributed by atoms with Crippen LogP contribution in [0.1, 0.15) is 47.7 Å². The molecular formula is C21H25N5O3. The highest BCUT2D eigenvalue weighted by atomic mass is 16.5. The standard InChI is InChI=1S/C21H25N5O3/c1-13-12-22-19(23-13)14(2)24-21(27)17-18(15-6-8-16(28-3)9-7-15)29-25-20(17)26-10-4-5-11-26/h6-9,12,14H,4-5,10-11H2,1-3H3,(H,22,23)(H,24,27). The Labute approximate surface area is 169 Å². The fourth-order valence-corrected chi connectivity index (χ4v) is 3.56. The fourth-order valence-electron chi connectivity index (χ4n) is 3.56. The number of carbonyl (C=O) groups is 1. The van der Waals surface area contributed by atoms with Crippen LogP contribution in [0.3, 0.4) is 0 Å². The van der Waals surface area contributed by atoms with Gasteiger partial charge >= 0.3 is 0 Å². The van der Waals surface area contributed by atoms with Crippen LogP contribution < -0.4 is 15.0 Å². The Morgan fingerprint density at radius 3 is 2.62 bits per heavy atom. The highest BCUT2D eigenvalue weighted by Crippen LogP contribution is 2.34. The lowest BCUT2D eigenvalue weighted by molar-refractivity contribution is 0.0939. The number of H-pyrrole nitrogens is 1. The van der Waals surface area contributed by atoms with Gasteiger partial charge in [0.25, 0.3) is 5.91 Å². The molecule has 0 bridgehead atoms. The number of aromatic nitrogens is 3. The minimum Gasteiger partial charge on any atom is -0.497 e. The summed E-state index contributed by atoms with van der Waals surface area (Å²) in [5, 5.41) is 7.28. The maximum absolute atomic E-state index is 13.3. The van der Waals surface area contributed by atoms with Crippen molar-refractivity contribution in [2.24, 2.45) is 0 Å². The van der Waals surface area contributed by atoms with Crippen molar-refractivity contribution in [1.29, 1.82) is 0 Å². The number of ether oxygens (including phenoxy) is 1. The van der Waals surface area contributed by atoms with Crippen LogP contribution in [-0.2, 0) is 0 Å². The predicted molar refractivity (Wildman–Crippen MR) is 109 cm³/mol. The van der Waals surface area contributed by atoms with Crippen LogP contribution in [0, 0.1) is 6.92 Å². The normalized spacial score (nSPS) is 14.8. The monoisotopic (exact) mass is 395 g/mol. The predicted octanol–water partition coefficient (Wildman–Crippen LogP) is 3.47. The van der Waals surface area contributed by atoms with Crippen LogP contribution in [0.4, 0.5) is 5.82 Å². The van der Waals surface area contributed by atoms with Gasteiger partial charge in [-0.05, 0) is 51.0 Å². The Kier molecular flexibility index (Phi) is 5.24. The lowest BCUT2D eigenvalue weighted by Crippen LogP contribution is -2.30. The second kappa shape index (κ2) is 7.98. The molecule has 3 heterocycles. The van der Waals surface area contributed by atoms with Crippen molar-refractivity contribution in [2.45, 2.75) is 32.7 Å². The summed E-state index contributed by atoms with van der Waals surface area (Å²) >= 11 is 0. The van der Waals surface area contributed by atoms with Gasteiger partial charge in [0.15, 0.2) is 11.6 Å². The molecule has 1 saturated heterocycles. The van der Waals surface area contributed by atoms with Crippen molar-refractivity contribution >= 4 is 11.7 Å². The van der Waals surface area contributed by atoms with E-state index in [4.69, 9.17) is 9.26 Å². The van der Waals surface area contributed by atoms with E-state index in [9.17, 15) is 4.79 Å². The number of amides is 1. The molecule has 1 aliphatic rings. The minimum absolute atomic E-state index is 0.236. The van der Waals surface area contributed by atoms with Crippen molar-refractivity contribution in [3.8, 4) is 17.1 Å². The van der Waals surface area contributed by atoms with Crippen molar-refractivity contribution in [2.75, 3.05) is 25.1 Å². The van der Waals surface area contributed by atoms with Crippen molar-refractivity contribution in [3.63, 3.8) is 0 Å². The topological polar surface area (TPSA) is 96.3 Å². The number of aromatic amines is 1. The molecule has 0 spiro atoms. The van der Waals surface area contributed by atoms with Gasteiger partial charge in [-0.25, -0.2) is 4.98 Å². The Bertz CT molecular complexity index is 986. The quantitative estimate of drug-likeness (QED) is 0.663. The third kappa shape index (κ3) is 3.83. The molecule has 3 aromatic rings. The maximum Gasteiger partial charge on any atom is 0.259 e. The first-order valence-electron chi connectivity index (χ1n) is 9.78. The molecule has 1 aliphatic heterocycles. The molecule has 0 saturated carbocycles. The maximum atomic E-state index is 13.3. The molecule has 8 nitrogen and oxygen atoms in total. The molecule has 29 heavy (non-hydrogen) atoms. The summed E-state index contributed by atoms with van der Waals surface area (Å²) in [5.74, 6) is 2.26. The summed E-state index contributed by atoms with van der Waals surface area (Å²) in [6.45, 7) is 5.55. The Hall–Kier alpha value is -3.29. The SMILES string of the molecule is COc1ccc(-c2onc(N3CCCC3)c2C(=O)NC(C)c2ncc(C)[nH]2)cc1. The number of hydrogen-bond donors (Lipinski definition) is 2. The van der Waals surface area contributed by atoms with Crippen LogP contribution in [-0.4, -0.2) is 41.2 Å². The van der Waals surface area contributed by atoms with E-state index >= 15 is 0 Å². The zero-order chi connectivity index (χ0) is 20.4. The molecule has 0 radical (unpaired) electrons. The number of nitrogens with one attached hydrogen (secondary N) is 2. The summed E-state index contributed by atoms with van der Waals surface area (Å²) in [4.78, 5) is 22.9. The van der Waals surface area contributed by atoms with Gasteiger partial charge in [-0.1, -0.05) is 5.16 Å². The zero-order valence-corrected chi connectivity index (χ0v) is 16.9. The molecule has 4 rings (SSSR count). The van der Waals surface area contributed by atoms with E-state index in [0.717, 1.165) is 42.9 Å². The molecule has 1 unspecified atom stereocenters. The number of benzene rings is 1. The van der Waals surface area contributed by atoms with Crippen molar-refractivity contribution in [3.05, 3.63) is 47.5 Å². The number of methoxy groups -OCH3 is 1. The van der Waals surface area contributed by atoms with Crippen LogP contribution in [0.5, 0.6) is 5.75 Å². The van der Waals surface area contributed by atoms with Gasteiger partial charge in [0.1, 0.15) is 17.1 Å². The molecular weight excluding hydrogens is 370 g/mol. The Morgan fingerprint density at radius 2 is 2.00 bits per heavy atom. The fraction of sp³-hybridized carbons (Fsp3) is 0.381. The highest BCUT2D eigenvalue weighted by Gasteiger charge is 2.30. The van der Waals surface area contributed by atoms with Crippen LogP contribution >= 0.6 is 0 Å². The third-order valence-corrected chi connectivity index (χ3v) is 5.14. The minimum atomic E-state index is -0.277. The zero-order valence-electron chi connectivity index (χ0n) is 16.9. The van der Waals surface area contributed by atoms with Gasteiger partial charge in [0.2, 0.25) is 0 Å². The summed E-state index contributed by atoms with van der Waals surface area (Å²) in [6.07, 6.45) is 3.90. The number of hydrogen-bond acceptors (Lipinski definition) is 6. The molecule has 8 heteroatoms. The smallest absolute Gasteiger partial charge is 0.259 e. The van der Waals surface area contributed by atoms with Gasteiger partial charge in [-0.2, -0.15) is 0 Å². The van der Waals surface area contributed by atoms with Crippen LogP contribution in [0.25, 0.3) is 11.3 Å². The molecule has 2 N–H and O–H groups in total. The van der Waals surface area contributed by atoms with E-state index in [1.54, 1.807) is 13.3 Å². The third-order valence-electron chi connectivity index (χ3n) is 5.14. The van der Waals surface area contributed by atoms with Gasteiger partial charge < -0.3 is 24.5 Å². The molecule has 1 atom stereocenters. The van der Waals surface area contributed by atoms with Gasteiger partial charge in [-0.15, -0.1) is 0 Å². The van der Waals surface area contributed by atoms with E-state index in [1.165, 1.54) is 0 Å². The number of carbonyl (C=O) groups excluding carboxylic acids is 1. The van der Waals surface area contributed by atoms with E-state index < -0.39 is 0 Å². The molecule has 1 amide bonds. The van der Waals surface area contributed by atoms with Crippen molar-refractivity contribution in [1.82, 2.24) is 20.4 Å². The van der Waals surface area contributed by atoms with Gasteiger partial charge in [-0.3, -0.25) is 4.79 Å². The molecule has 0 aliphatic carbocycles. The summed E-state index contributed by atoms with van der Waals surface area (Å²) in [7, 11) is 1.62. The molecule has 152 valence electrons. The second-order valence-corrected chi connectivity index (χ2v) is 7.28. The number of anilines is 1. The number of imidazole rings is 1. The van der Waals surface area contributed by atoms with Crippen LogP contribution in [0.2, 0.25) is 0 Å². The molecule has 1 fully saturated rings. The Morgan fingerprint density at radius 1 is 1.28 bits per heavy atom. The lowest BCUT2D eigenvalue weighted by Gasteiger charge is -2.17. The number of rotatable bonds is 6. The molecule has 1 aromatic carbocycles. The highest BCUT2D eigenvalue weighted by molar-refractivity contribution is 6.04. The lowest BCUT2D eigenvalue weighted by atomic mass is 10.1. The summed E-state index contributed by atoms with van der Waals surface area (Å²) < 4.78 is 10.9. The summed E-state index contributed by atoms with van der Waals surface area (Å²) in [5.41, 5.74) is 2.17. The number of aryl methyl sites for hydroxylation is 1. The van der Waals surface area contributed by atoms with Crippen molar-refractivity contribution < 1.29 is 14.1 Å². The molecule has 2 aromatic heterocycles. The van der Waals surface area contributed by atoms with E-state index in [0.29, 0.717) is 23.0 Å². The van der Waals surface area contributed by atoms with E-state index in [1.807, 2.05) is 38.1 Å². The number of nitrogens with zero attached hydrogens (tertiary/aromatic N) is 3. The second-order valence-electron chi connectivity index (χ2n) is 7.28. The van der Waals surface area contributed by atoms with Gasteiger partial charge in [0.05, 0.1) is 13.2 Å². The van der Waals surface area contributed by atoms with Gasteiger partial charge in [0, 0.05) is 30.5 Å². The average Bonchev–Trinajstić information content (AvgIpc) is 3.47. The van der Waals surface area contributed by atoms with E-state index in [2.05, 4.69) is 25.3 Å². The van der Waals surface area contributed by atoms with E-state index in [-0.39, 0.29) is 11.9 Å². The van der Waals surface area contributed by atoms with Crippen LogP contribution in [0.15, 0.2) is 35.0 Å². The average molecular weight is 395 g/mol. The largest absolute Gasteiger partial charge is 0.497 e. The first kappa shape index (κ1) is 19.0. The first-order chi connectivity index (χ1) is 14.1.